The Labute approximate surface area is 198 Å². The van der Waals surface area contributed by atoms with Gasteiger partial charge in [0.15, 0.2) is 0 Å². The van der Waals surface area contributed by atoms with Gasteiger partial charge in [-0.2, -0.15) is 5.26 Å². The van der Waals surface area contributed by atoms with Crippen molar-refractivity contribution in [2.24, 2.45) is 7.05 Å². The van der Waals surface area contributed by atoms with Crippen LogP contribution in [-0.4, -0.2) is 42.9 Å². The van der Waals surface area contributed by atoms with Crippen LogP contribution in [-0.2, 0) is 30.8 Å². The fraction of sp³-hybridized carbons (Fsp3) is 0.222. The largest absolute Gasteiger partial charge is 0.460 e. The van der Waals surface area contributed by atoms with Crippen molar-refractivity contribution in [3.8, 4) is 17.3 Å². The van der Waals surface area contributed by atoms with E-state index in [1.165, 1.54) is 0 Å². The smallest absolute Gasteiger partial charge is 0.348 e. The van der Waals surface area contributed by atoms with Crippen molar-refractivity contribution in [2.45, 2.75) is 6.92 Å². The van der Waals surface area contributed by atoms with Crippen molar-refractivity contribution in [1.82, 2.24) is 4.57 Å². The Balaban J connectivity index is 1.71. The number of hydrogen-bond donors (Lipinski definition) is 0. The van der Waals surface area contributed by atoms with Gasteiger partial charge in [-0.25, -0.2) is 9.59 Å². The molecular weight excluding hydrogens is 432 g/mol. The summed E-state index contributed by atoms with van der Waals surface area (Å²) in [5, 5.41) is 10.6. The van der Waals surface area contributed by atoms with Crippen LogP contribution in [0.1, 0.15) is 12.5 Å². The summed E-state index contributed by atoms with van der Waals surface area (Å²) in [4.78, 5) is 23.9. The zero-order valence-electron chi connectivity index (χ0n) is 19.2. The van der Waals surface area contributed by atoms with Crippen molar-refractivity contribution in [2.75, 3.05) is 26.4 Å². The van der Waals surface area contributed by atoms with Gasteiger partial charge >= 0.3 is 11.9 Å². The molecule has 0 radical (unpaired) electrons. The van der Waals surface area contributed by atoms with Gasteiger partial charge in [0.2, 0.25) is 0 Å². The Bertz CT molecular complexity index is 1270. The molecule has 3 aromatic rings. The molecule has 0 amide bonds. The zero-order valence-corrected chi connectivity index (χ0v) is 19.2. The molecule has 0 atom stereocenters. The number of carbonyl (C=O) groups is 2. The maximum absolute atomic E-state index is 12.6. The van der Waals surface area contributed by atoms with Gasteiger partial charge in [-0.1, -0.05) is 55.1 Å². The van der Waals surface area contributed by atoms with E-state index < -0.39 is 11.9 Å². The number of para-hydroxylation sites is 1. The molecule has 7 nitrogen and oxygen atoms in total. The highest BCUT2D eigenvalue weighted by atomic mass is 16.6. The van der Waals surface area contributed by atoms with Gasteiger partial charge in [0.05, 0.1) is 18.9 Å². The maximum atomic E-state index is 12.6. The van der Waals surface area contributed by atoms with Gasteiger partial charge in [0.25, 0.3) is 0 Å². The molecule has 174 valence electrons. The maximum Gasteiger partial charge on any atom is 0.348 e. The molecular formula is C27H26N2O5. The van der Waals surface area contributed by atoms with Crippen LogP contribution in [0.2, 0.25) is 0 Å². The van der Waals surface area contributed by atoms with Crippen LogP contribution in [0.25, 0.3) is 28.2 Å². The normalized spacial score (nSPS) is 11.1. The number of fused-ring (bicyclic) bond motifs is 1. The summed E-state index contributed by atoms with van der Waals surface area (Å²) in [6.45, 7) is 5.36. The first-order valence-corrected chi connectivity index (χ1v) is 10.8. The highest BCUT2D eigenvalue weighted by Crippen LogP contribution is 2.34. The van der Waals surface area contributed by atoms with Gasteiger partial charge in [0, 0.05) is 29.1 Å². The van der Waals surface area contributed by atoms with E-state index in [0.717, 1.165) is 27.7 Å². The van der Waals surface area contributed by atoms with Crippen molar-refractivity contribution >= 4 is 28.9 Å². The third kappa shape index (κ3) is 5.80. The summed E-state index contributed by atoms with van der Waals surface area (Å²) in [5.41, 5.74) is 3.83. The van der Waals surface area contributed by atoms with E-state index >= 15 is 0 Å². The van der Waals surface area contributed by atoms with E-state index in [1.807, 2.05) is 72.3 Å². The molecule has 7 heteroatoms. The fourth-order valence-electron chi connectivity index (χ4n) is 3.48. The topological polar surface area (TPSA) is 90.6 Å². The van der Waals surface area contributed by atoms with E-state index in [-0.39, 0.29) is 32.0 Å². The summed E-state index contributed by atoms with van der Waals surface area (Å²) < 4.78 is 17.5. The summed E-state index contributed by atoms with van der Waals surface area (Å²) >= 11 is 0. The van der Waals surface area contributed by atoms with Crippen molar-refractivity contribution in [1.29, 1.82) is 5.26 Å². The number of nitrogens with zero attached hydrogens (tertiary/aromatic N) is 2. The molecule has 0 aliphatic heterocycles. The van der Waals surface area contributed by atoms with Gasteiger partial charge < -0.3 is 18.8 Å². The lowest BCUT2D eigenvalue weighted by molar-refractivity contribution is -0.141. The van der Waals surface area contributed by atoms with Gasteiger partial charge in [-0.05, 0) is 24.6 Å². The van der Waals surface area contributed by atoms with Crippen LogP contribution in [0.4, 0.5) is 0 Å². The molecule has 0 fully saturated rings. The Hall–Kier alpha value is -4.15. The Morgan fingerprint density at radius 3 is 2.24 bits per heavy atom. The first-order chi connectivity index (χ1) is 16.4. The highest BCUT2D eigenvalue weighted by Gasteiger charge is 2.18. The average Bonchev–Trinajstić information content (AvgIpc) is 3.13. The number of aryl methyl sites for hydroxylation is 1. The predicted octanol–water partition coefficient (Wildman–Crippen LogP) is 4.43. The molecule has 0 spiro atoms. The summed E-state index contributed by atoms with van der Waals surface area (Å²) in [6, 6.07) is 19.6. The monoisotopic (exact) mass is 458 g/mol. The summed E-state index contributed by atoms with van der Waals surface area (Å²) in [7, 11) is 1.96. The van der Waals surface area contributed by atoms with E-state index in [9.17, 15) is 14.9 Å². The van der Waals surface area contributed by atoms with Gasteiger partial charge in [-0.3, -0.25) is 0 Å². The summed E-state index contributed by atoms with van der Waals surface area (Å²) in [6.07, 6.45) is 1.57. The van der Waals surface area contributed by atoms with Crippen LogP contribution in [0.15, 0.2) is 72.3 Å². The number of nitriles is 1. The number of rotatable bonds is 10. The first kappa shape index (κ1) is 24.5. The number of hydrogen-bond acceptors (Lipinski definition) is 6. The molecule has 2 aromatic carbocycles. The second-order valence-electron chi connectivity index (χ2n) is 7.54. The molecule has 1 aromatic heterocycles. The second kappa shape index (κ2) is 11.6. The zero-order chi connectivity index (χ0) is 24.5. The fourth-order valence-corrected chi connectivity index (χ4v) is 3.48. The number of carbonyl (C=O) groups excluding carboxylic acids is 2. The molecule has 0 aliphatic rings. The van der Waals surface area contributed by atoms with Crippen LogP contribution in [0, 0.1) is 11.3 Å². The lowest BCUT2D eigenvalue weighted by Crippen LogP contribution is -2.15. The number of aromatic nitrogens is 1. The number of benzene rings is 2. The molecule has 34 heavy (non-hydrogen) atoms. The quantitative estimate of drug-likeness (QED) is 0.193. The standard InChI is InChI=1S/C27H26N2O5/c1-19(2)26(30)33-15-13-32-14-16-34-27(31)21(18-28)17-23-22-11-7-8-12-24(22)29(3)25(23)20-9-5-4-6-10-20/h4-12,17H,1,13-16H2,2-3H3/b21-17+. The minimum Gasteiger partial charge on any atom is -0.460 e. The minimum absolute atomic E-state index is 0.0344. The lowest BCUT2D eigenvalue weighted by Gasteiger charge is -2.08. The Morgan fingerprint density at radius 2 is 1.59 bits per heavy atom. The molecule has 0 saturated carbocycles. The molecule has 0 saturated heterocycles. The third-order valence-electron chi connectivity index (χ3n) is 5.09. The van der Waals surface area contributed by atoms with Crippen LogP contribution < -0.4 is 0 Å². The van der Waals surface area contributed by atoms with Crippen LogP contribution in [0.3, 0.4) is 0 Å². The molecule has 0 N–H and O–H groups in total. The SMILES string of the molecule is C=C(C)C(=O)OCCOCCOC(=O)/C(C#N)=C/c1c(-c2ccccc2)n(C)c2ccccc12. The number of esters is 2. The molecule has 3 rings (SSSR count). The molecule has 0 bridgehead atoms. The highest BCUT2D eigenvalue weighted by molar-refractivity contribution is 6.04. The predicted molar refractivity (Wildman–Crippen MR) is 129 cm³/mol. The van der Waals surface area contributed by atoms with E-state index in [1.54, 1.807) is 13.0 Å². The number of ether oxygens (including phenoxy) is 3. The minimum atomic E-state index is -0.730. The van der Waals surface area contributed by atoms with Gasteiger partial charge in [-0.15, -0.1) is 0 Å². The van der Waals surface area contributed by atoms with E-state index in [0.29, 0.717) is 5.57 Å². The van der Waals surface area contributed by atoms with E-state index in [2.05, 4.69) is 6.58 Å². The van der Waals surface area contributed by atoms with E-state index in [4.69, 9.17) is 14.2 Å². The van der Waals surface area contributed by atoms with Crippen LogP contribution in [0.5, 0.6) is 0 Å². The summed E-state index contributed by atoms with van der Waals surface area (Å²) in [5.74, 6) is -1.21. The Kier molecular flexibility index (Phi) is 8.38. The molecule has 0 unspecified atom stereocenters. The van der Waals surface area contributed by atoms with Crippen molar-refractivity contribution < 1.29 is 23.8 Å². The second-order valence-corrected chi connectivity index (χ2v) is 7.54. The molecule has 1 heterocycles. The van der Waals surface area contributed by atoms with Crippen molar-refractivity contribution in [3.63, 3.8) is 0 Å². The first-order valence-electron chi connectivity index (χ1n) is 10.8. The lowest BCUT2D eigenvalue weighted by atomic mass is 10.0. The average molecular weight is 459 g/mol. The molecule has 0 aliphatic carbocycles. The van der Waals surface area contributed by atoms with Crippen LogP contribution >= 0.6 is 0 Å². The van der Waals surface area contributed by atoms with Gasteiger partial charge in [0.1, 0.15) is 24.9 Å². The van der Waals surface area contributed by atoms with Crippen molar-refractivity contribution in [3.05, 3.63) is 77.9 Å². The Morgan fingerprint density at radius 1 is 0.971 bits per heavy atom. The third-order valence-corrected chi connectivity index (χ3v) is 5.09.